The fraction of sp³-hybridized carbons (Fsp3) is 0. The number of nitrogens with zero attached hydrogens (tertiary/aromatic N) is 6. The topological polar surface area (TPSA) is 132 Å². The van der Waals surface area contributed by atoms with E-state index in [1.807, 2.05) is 0 Å². The summed E-state index contributed by atoms with van der Waals surface area (Å²) in [7, 11) is 0. The van der Waals surface area contributed by atoms with Gasteiger partial charge in [0, 0.05) is 32.3 Å². The van der Waals surface area contributed by atoms with Gasteiger partial charge in [0.15, 0.2) is 0 Å². The lowest BCUT2D eigenvalue weighted by Gasteiger charge is -2.02. The lowest BCUT2D eigenvalue weighted by atomic mass is 10.0. The van der Waals surface area contributed by atoms with Gasteiger partial charge in [0.1, 0.15) is 0 Å². The number of benzene rings is 2. The summed E-state index contributed by atoms with van der Waals surface area (Å²) < 4.78 is 0. The van der Waals surface area contributed by atoms with Crippen molar-refractivity contribution < 1.29 is 9.59 Å². The van der Waals surface area contributed by atoms with Crippen molar-refractivity contribution in [3.05, 3.63) is 80.5 Å². The fourth-order valence-electron chi connectivity index (χ4n) is 1.78. The first kappa shape index (κ1) is 14.8. The Morgan fingerprint density at radius 2 is 1.18 bits per heavy atom. The van der Waals surface area contributed by atoms with Gasteiger partial charge in [0.2, 0.25) is 11.6 Å². The molecule has 0 aliphatic rings. The highest BCUT2D eigenvalue weighted by molar-refractivity contribution is 6.49. The van der Waals surface area contributed by atoms with Crippen molar-refractivity contribution in [2.45, 2.75) is 0 Å². The van der Waals surface area contributed by atoms with Gasteiger partial charge in [0.25, 0.3) is 0 Å². The quantitative estimate of drug-likeness (QED) is 0.261. The van der Waals surface area contributed by atoms with Gasteiger partial charge in [-0.1, -0.05) is 46.6 Å². The molecule has 0 aliphatic heterocycles. The van der Waals surface area contributed by atoms with E-state index in [0.717, 1.165) is 0 Å². The first-order valence-electron chi connectivity index (χ1n) is 6.05. The summed E-state index contributed by atoms with van der Waals surface area (Å²) in [5, 5.41) is 6.76. The highest BCUT2D eigenvalue weighted by atomic mass is 16.2. The maximum absolute atomic E-state index is 12.2. The third kappa shape index (κ3) is 3.29. The summed E-state index contributed by atoms with van der Waals surface area (Å²) in [6.07, 6.45) is 0. The van der Waals surface area contributed by atoms with Crippen molar-refractivity contribution in [2.24, 2.45) is 10.2 Å². The second-order valence-electron chi connectivity index (χ2n) is 4.14. The Hall–Kier alpha value is -3.60. The van der Waals surface area contributed by atoms with E-state index in [1.54, 1.807) is 0 Å². The van der Waals surface area contributed by atoms with Gasteiger partial charge in [0.05, 0.1) is 0 Å². The minimum absolute atomic E-state index is 0.115. The number of carbonyl (C=O) groups is 2. The van der Waals surface area contributed by atoms with Gasteiger partial charge < -0.3 is 0 Å². The number of azide groups is 2. The van der Waals surface area contributed by atoms with Gasteiger partial charge in [-0.25, -0.2) is 0 Å². The molecule has 22 heavy (non-hydrogen) atoms. The number of carbonyl (C=O) groups excluding carboxylic acids is 2. The number of Topliss-reactive ketones (excluding diaryl/α,β-unsaturated/α-hetero) is 2. The number of rotatable bonds is 5. The van der Waals surface area contributed by atoms with E-state index in [4.69, 9.17) is 11.1 Å². The van der Waals surface area contributed by atoms with Crippen molar-refractivity contribution in [1.29, 1.82) is 0 Å². The van der Waals surface area contributed by atoms with Crippen LogP contribution in [0.4, 0.5) is 11.4 Å². The van der Waals surface area contributed by atoms with E-state index in [9.17, 15) is 9.59 Å². The SMILES string of the molecule is [N-]=[N+]=Nc1cccc(C(=O)C(=O)c2cccc(N=[N+]=[N-])c2)c1. The molecule has 0 spiro atoms. The van der Waals surface area contributed by atoms with Crippen LogP contribution in [-0.4, -0.2) is 11.6 Å². The maximum atomic E-state index is 12.2. The zero-order valence-corrected chi connectivity index (χ0v) is 11.1. The Balaban J connectivity index is 2.34. The minimum Gasteiger partial charge on any atom is -0.285 e. The average molecular weight is 292 g/mol. The maximum Gasteiger partial charge on any atom is 0.233 e. The molecule has 0 unspecified atom stereocenters. The Labute approximate surface area is 124 Å². The summed E-state index contributed by atoms with van der Waals surface area (Å²) in [6.45, 7) is 0. The minimum atomic E-state index is -0.743. The molecule has 2 aromatic rings. The van der Waals surface area contributed by atoms with Crippen LogP contribution in [0.3, 0.4) is 0 Å². The lowest BCUT2D eigenvalue weighted by molar-refractivity contribution is 0.0817. The van der Waals surface area contributed by atoms with Crippen LogP contribution in [0.25, 0.3) is 20.9 Å². The molecule has 0 heterocycles. The molecule has 0 amide bonds. The first-order valence-corrected chi connectivity index (χ1v) is 6.05. The Morgan fingerprint density at radius 3 is 1.55 bits per heavy atom. The zero-order chi connectivity index (χ0) is 15.9. The Bertz CT molecular complexity index is 776. The van der Waals surface area contributed by atoms with E-state index in [1.165, 1.54) is 48.5 Å². The highest BCUT2D eigenvalue weighted by Gasteiger charge is 2.18. The van der Waals surface area contributed by atoms with Crippen molar-refractivity contribution in [2.75, 3.05) is 0 Å². The van der Waals surface area contributed by atoms with Crippen LogP contribution in [0.15, 0.2) is 58.8 Å². The summed E-state index contributed by atoms with van der Waals surface area (Å²) in [6, 6.07) is 11.6. The van der Waals surface area contributed by atoms with E-state index < -0.39 is 11.6 Å². The highest BCUT2D eigenvalue weighted by Crippen LogP contribution is 2.19. The van der Waals surface area contributed by atoms with Crippen LogP contribution in [-0.2, 0) is 0 Å². The molecule has 0 aliphatic carbocycles. The molecule has 106 valence electrons. The molecule has 8 heteroatoms. The van der Waals surface area contributed by atoms with Gasteiger partial charge in [-0.05, 0) is 23.2 Å². The lowest BCUT2D eigenvalue weighted by Crippen LogP contribution is -2.14. The Morgan fingerprint density at radius 1 is 0.773 bits per heavy atom. The second kappa shape index (κ2) is 6.71. The molecule has 2 aromatic carbocycles. The molecule has 0 saturated carbocycles. The Kier molecular flexibility index (Phi) is 4.52. The summed E-state index contributed by atoms with van der Waals surface area (Å²) in [5.41, 5.74) is 17.5. The molecular weight excluding hydrogens is 284 g/mol. The van der Waals surface area contributed by atoms with E-state index >= 15 is 0 Å². The predicted molar refractivity (Wildman–Crippen MR) is 79.2 cm³/mol. The summed E-state index contributed by atoms with van der Waals surface area (Å²) in [5.74, 6) is -1.49. The first-order chi connectivity index (χ1) is 10.7. The molecule has 0 radical (unpaired) electrons. The van der Waals surface area contributed by atoms with Crippen LogP contribution < -0.4 is 0 Å². The van der Waals surface area contributed by atoms with Crippen molar-refractivity contribution in [1.82, 2.24) is 0 Å². The smallest absolute Gasteiger partial charge is 0.233 e. The largest absolute Gasteiger partial charge is 0.285 e. The molecule has 8 nitrogen and oxygen atoms in total. The van der Waals surface area contributed by atoms with E-state index in [0.29, 0.717) is 0 Å². The van der Waals surface area contributed by atoms with Gasteiger partial charge >= 0.3 is 0 Å². The number of ketones is 2. The molecule has 0 atom stereocenters. The molecule has 0 aromatic heterocycles. The third-order valence-electron chi connectivity index (χ3n) is 2.74. The molecule has 0 saturated heterocycles. The second-order valence-corrected chi connectivity index (χ2v) is 4.14. The van der Waals surface area contributed by atoms with Crippen molar-refractivity contribution >= 4 is 22.9 Å². The van der Waals surface area contributed by atoms with Gasteiger partial charge in [-0.15, -0.1) is 0 Å². The van der Waals surface area contributed by atoms with Crippen LogP contribution in [0, 0.1) is 0 Å². The van der Waals surface area contributed by atoms with Crippen molar-refractivity contribution in [3.63, 3.8) is 0 Å². The van der Waals surface area contributed by atoms with E-state index in [-0.39, 0.29) is 22.5 Å². The molecule has 2 rings (SSSR count). The fourth-order valence-corrected chi connectivity index (χ4v) is 1.78. The zero-order valence-electron chi connectivity index (χ0n) is 11.1. The standard InChI is InChI=1S/C14H8N6O2/c15-19-17-11-5-1-3-9(7-11)13(21)14(22)10-4-2-6-12(8-10)18-20-16/h1-8H. The van der Waals surface area contributed by atoms with Crippen LogP contribution in [0.5, 0.6) is 0 Å². The number of hydrogen-bond acceptors (Lipinski definition) is 4. The van der Waals surface area contributed by atoms with Gasteiger partial charge in [-0.2, -0.15) is 0 Å². The number of hydrogen-bond donors (Lipinski definition) is 0. The molecule has 0 N–H and O–H groups in total. The molecular formula is C14H8N6O2. The molecule has 0 bridgehead atoms. The summed E-state index contributed by atoms with van der Waals surface area (Å²) in [4.78, 5) is 29.6. The van der Waals surface area contributed by atoms with Gasteiger partial charge in [-0.3, -0.25) is 9.59 Å². The monoisotopic (exact) mass is 292 g/mol. The summed E-state index contributed by atoms with van der Waals surface area (Å²) >= 11 is 0. The van der Waals surface area contributed by atoms with Crippen LogP contribution in [0.1, 0.15) is 20.7 Å². The van der Waals surface area contributed by atoms with Crippen molar-refractivity contribution in [3.8, 4) is 0 Å². The van der Waals surface area contributed by atoms with Crippen LogP contribution >= 0.6 is 0 Å². The molecule has 0 fully saturated rings. The van der Waals surface area contributed by atoms with Crippen LogP contribution in [0.2, 0.25) is 0 Å². The van der Waals surface area contributed by atoms with E-state index in [2.05, 4.69) is 20.1 Å². The third-order valence-corrected chi connectivity index (χ3v) is 2.74. The predicted octanol–water partition coefficient (Wildman–Crippen LogP) is 4.64. The average Bonchev–Trinajstić information content (AvgIpc) is 2.55. The normalized spacial score (nSPS) is 9.27.